The van der Waals surface area contributed by atoms with Crippen molar-refractivity contribution in [1.82, 2.24) is 19.9 Å². The summed E-state index contributed by atoms with van der Waals surface area (Å²) in [7, 11) is 0. The number of aryl methyl sites for hydroxylation is 2. The van der Waals surface area contributed by atoms with Crippen LogP contribution in [0.15, 0.2) is 35.3 Å². The summed E-state index contributed by atoms with van der Waals surface area (Å²) in [6, 6.07) is 7.33. The first-order valence-electron chi connectivity index (χ1n) is 6.76. The molecule has 0 atom stereocenters. The molecule has 0 unspecified atom stereocenters. The van der Waals surface area contributed by atoms with Crippen LogP contribution in [0.4, 0.5) is 5.69 Å². The molecule has 1 aromatic carbocycles. The number of anilines is 1. The highest BCUT2D eigenvalue weighted by atomic mass is 16.2. The lowest BCUT2D eigenvalue weighted by atomic mass is 10.1. The van der Waals surface area contributed by atoms with Gasteiger partial charge in [-0.3, -0.25) is 4.79 Å². The van der Waals surface area contributed by atoms with Gasteiger partial charge in [-0.15, -0.1) is 0 Å². The minimum Gasteiger partial charge on any atom is -0.342 e. The van der Waals surface area contributed by atoms with E-state index in [1.165, 1.54) is 0 Å². The molecule has 0 saturated carbocycles. The van der Waals surface area contributed by atoms with Crippen LogP contribution in [0.5, 0.6) is 0 Å². The Morgan fingerprint density at radius 2 is 1.91 bits per heavy atom. The second-order valence-electron chi connectivity index (χ2n) is 4.99. The van der Waals surface area contributed by atoms with Crippen molar-refractivity contribution in [2.45, 2.75) is 13.8 Å². The summed E-state index contributed by atoms with van der Waals surface area (Å²) in [5.41, 5.74) is 2.63. The van der Waals surface area contributed by atoms with Gasteiger partial charge in [-0.25, -0.2) is 9.78 Å². The molecule has 0 bridgehead atoms. The van der Waals surface area contributed by atoms with Gasteiger partial charge < -0.3 is 20.3 Å². The molecular weight excluding hydrogens is 282 g/mol. The minimum absolute atomic E-state index is 0.218. The molecule has 22 heavy (non-hydrogen) atoms. The first-order valence-corrected chi connectivity index (χ1v) is 6.76. The number of rotatable bonds is 3. The first-order chi connectivity index (χ1) is 10.5. The number of carbonyl (C=O) groups excluding carboxylic acids is 1. The van der Waals surface area contributed by atoms with E-state index >= 15 is 0 Å². The number of carbonyl (C=O) groups is 1. The Balaban J connectivity index is 1.95. The molecule has 3 rings (SSSR count). The molecule has 0 aliphatic heterocycles. The van der Waals surface area contributed by atoms with Crippen molar-refractivity contribution >= 4 is 11.6 Å². The lowest BCUT2D eigenvalue weighted by Crippen LogP contribution is -2.15. The summed E-state index contributed by atoms with van der Waals surface area (Å²) in [6.07, 6.45) is 1.72. The fourth-order valence-corrected chi connectivity index (χ4v) is 2.23. The predicted octanol–water partition coefficient (Wildman–Crippen LogP) is 1.96. The van der Waals surface area contributed by atoms with Crippen molar-refractivity contribution in [2.75, 3.05) is 5.32 Å². The van der Waals surface area contributed by atoms with Gasteiger partial charge in [0.1, 0.15) is 11.5 Å². The van der Waals surface area contributed by atoms with Crippen molar-refractivity contribution in [3.8, 4) is 11.4 Å². The second kappa shape index (κ2) is 5.36. The van der Waals surface area contributed by atoms with E-state index < -0.39 is 5.69 Å². The van der Waals surface area contributed by atoms with Crippen molar-refractivity contribution < 1.29 is 4.79 Å². The Morgan fingerprint density at radius 1 is 1.14 bits per heavy atom. The van der Waals surface area contributed by atoms with Crippen LogP contribution in [0.25, 0.3) is 11.4 Å². The van der Waals surface area contributed by atoms with Crippen LogP contribution >= 0.6 is 0 Å². The number of nitrogens with zero attached hydrogens (tertiary/aromatic N) is 1. The van der Waals surface area contributed by atoms with E-state index in [2.05, 4.69) is 25.3 Å². The normalized spacial score (nSPS) is 10.6. The number of H-pyrrole nitrogens is 3. The third-order valence-corrected chi connectivity index (χ3v) is 3.27. The number of aromatic nitrogens is 4. The van der Waals surface area contributed by atoms with E-state index in [1.807, 2.05) is 25.1 Å². The zero-order valence-electron chi connectivity index (χ0n) is 12.2. The average Bonchev–Trinajstić information content (AvgIpc) is 3.05. The summed E-state index contributed by atoms with van der Waals surface area (Å²) in [5.74, 6) is 0.291. The molecule has 0 aliphatic rings. The summed E-state index contributed by atoms with van der Waals surface area (Å²) in [6.45, 7) is 3.57. The molecule has 0 aliphatic carbocycles. The first kappa shape index (κ1) is 13.9. The van der Waals surface area contributed by atoms with E-state index in [9.17, 15) is 9.59 Å². The van der Waals surface area contributed by atoms with E-state index in [1.54, 1.807) is 19.2 Å². The Kier molecular flexibility index (Phi) is 3.38. The predicted molar refractivity (Wildman–Crippen MR) is 82.9 cm³/mol. The summed E-state index contributed by atoms with van der Waals surface area (Å²) in [4.78, 5) is 36.0. The number of nitrogens with one attached hydrogen (secondary N) is 4. The van der Waals surface area contributed by atoms with Crippen LogP contribution in [0, 0.1) is 13.8 Å². The number of aromatic amines is 3. The maximum absolute atomic E-state index is 12.3. The Morgan fingerprint density at radius 3 is 2.55 bits per heavy atom. The van der Waals surface area contributed by atoms with Gasteiger partial charge >= 0.3 is 5.69 Å². The molecule has 2 aromatic heterocycles. The van der Waals surface area contributed by atoms with Gasteiger partial charge in [0.05, 0.1) is 5.69 Å². The molecule has 4 N–H and O–H groups in total. The standard InChI is InChI=1S/C15H15N5O2/c1-8-7-16-13(17-8)10-5-3-4-6-11(10)19-14(21)12-9(2)18-15(22)20-12/h3-7H,1-2H3,(H,16,17)(H,19,21)(H2,18,20,22). The van der Waals surface area contributed by atoms with E-state index in [0.29, 0.717) is 17.2 Å². The Labute approximate surface area is 125 Å². The highest BCUT2D eigenvalue weighted by molar-refractivity contribution is 6.05. The van der Waals surface area contributed by atoms with Gasteiger partial charge in [-0.2, -0.15) is 0 Å². The third kappa shape index (κ3) is 2.56. The topological polar surface area (TPSA) is 106 Å². The smallest absolute Gasteiger partial charge is 0.323 e. The number of hydrogen-bond donors (Lipinski definition) is 4. The quantitative estimate of drug-likeness (QED) is 0.593. The van der Waals surface area contributed by atoms with E-state index in [-0.39, 0.29) is 11.6 Å². The number of benzene rings is 1. The molecular formula is C15H15N5O2. The number of para-hydroxylation sites is 1. The molecule has 7 nitrogen and oxygen atoms in total. The molecule has 1 amide bonds. The lowest BCUT2D eigenvalue weighted by Gasteiger charge is -2.09. The minimum atomic E-state index is -0.405. The molecule has 0 spiro atoms. The van der Waals surface area contributed by atoms with Crippen LogP contribution in [-0.4, -0.2) is 25.8 Å². The van der Waals surface area contributed by atoms with Crippen LogP contribution in [0.3, 0.4) is 0 Å². The van der Waals surface area contributed by atoms with Gasteiger partial charge in [-0.1, -0.05) is 12.1 Å². The largest absolute Gasteiger partial charge is 0.342 e. The zero-order valence-corrected chi connectivity index (χ0v) is 12.2. The number of hydrogen-bond acceptors (Lipinski definition) is 3. The SMILES string of the molecule is Cc1cnc(-c2ccccc2NC(=O)c2[nH]c(=O)[nH]c2C)[nH]1. The molecule has 0 fully saturated rings. The van der Waals surface area contributed by atoms with Crippen LogP contribution in [-0.2, 0) is 0 Å². The fraction of sp³-hybridized carbons (Fsp3) is 0.133. The zero-order chi connectivity index (χ0) is 15.7. The molecule has 112 valence electrons. The van der Waals surface area contributed by atoms with Gasteiger partial charge in [-0.05, 0) is 26.0 Å². The van der Waals surface area contributed by atoms with Crippen molar-refractivity contribution in [2.24, 2.45) is 0 Å². The molecule has 7 heteroatoms. The Bertz CT molecular complexity index is 887. The van der Waals surface area contributed by atoms with E-state index in [0.717, 1.165) is 11.3 Å². The summed E-state index contributed by atoms with van der Waals surface area (Å²) < 4.78 is 0. The lowest BCUT2D eigenvalue weighted by molar-refractivity contribution is 0.102. The van der Waals surface area contributed by atoms with E-state index in [4.69, 9.17) is 0 Å². The Hall–Kier alpha value is -3.09. The van der Waals surface area contributed by atoms with Crippen LogP contribution in [0.2, 0.25) is 0 Å². The third-order valence-electron chi connectivity index (χ3n) is 3.27. The van der Waals surface area contributed by atoms with Crippen molar-refractivity contribution in [3.63, 3.8) is 0 Å². The van der Waals surface area contributed by atoms with Gasteiger partial charge in [0.25, 0.3) is 5.91 Å². The van der Waals surface area contributed by atoms with Gasteiger partial charge in [0.2, 0.25) is 0 Å². The number of amides is 1. The fourth-order valence-electron chi connectivity index (χ4n) is 2.23. The maximum atomic E-state index is 12.3. The average molecular weight is 297 g/mol. The highest BCUT2D eigenvalue weighted by Crippen LogP contribution is 2.25. The van der Waals surface area contributed by atoms with Gasteiger partial charge in [0, 0.05) is 23.1 Å². The van der Waals surface area contributed by atoms with Crippen LogP contribution in [0.1, 0.15) is 21.9 Å². The highest BCUT2D eigenvalue weighted by Gasteiger charge is 2.15. The number of imidazole rings is 2. The summed E-state index contributed by atoms with van der Waals surface area (Å²) >= 11 is 0. The van der Waals surface area contributed by atoms with Crippen molar-refractivity contribution in [3.05, 3.63) is 58.0 Å². The second-order valence-corrected chi connectivity index (χ2v) is 4.99. The van der Waals surface area contributed by atoms with Crippen LogP contribution < -0.4 is 11.0 Å². The summed E-state index contributed by atoms with van der Waals surface area (Å²) in [5, 5.41) is 2.80. The molecule has 0 radical (unpaired) electrons. The monoisotopic (exact) mass is 297 g/mol. The van der Waals surface area contributed by atoms with Gasteiger partial charge in [0.15, 0.2) is 0 Å². The molecule has 2 heterocycles. The molecule has 0 saturated heterocycles. The molecule has 3 aromatic rings. The van der Waals surface area contributed by atoms with Crippen molar-refractivity contribution in [1.29, 1.82) is 0 Å². The maximum Gasteiger partial charge on any atom is 0.323 e.